The summed E-state index contributed by atoms with van der Waals surface area (Å²) in [7, 11) is 1.31. The number of benzene rings is 2. The molecule has 0 radical (unpaired) electrons. The number of aromatic amines is 1. The standard InChI is InChI=1S/C25H22N2O5S/c1-31-24(29)17-7-4-6-16(12-17)15-32-25(30)21(27-23(28)22-10-5-11-33-22)13-18-14-26-20-9-3-2-8-19(18)20/h2-12,14,21,26H,13,15H2,1H3,(H,27,28). The van der Waals surface area contributed by atoms with Gasteiger partial charge in [0.15, 0.2) is 0 Å². The van der Waals surface area contributed by atoms with Gasteiger partial charge in [-0.05, 0) is 40.8 Å². The van der Waals surface area contributed by atoms with Crippen molar-refractivity contribution in [3.8, 4) is 0 Å². The number of hydrogen-bond donors (Lipinski definition) is 2. The lowest BCUT2D eigenvalue weighted by molar-refractivity contribution is -0.147. The van der Waals surface area contributed by atoms with Gasteiger partial charge in [-0.25, -0.2) is 9.59 Å². The number of nitrogens with one attached hydrogen (secondary N) is 2. The second kappa shape index (κ2) is 10.1. The third kappa shape index (κ3) is 5.30. The Kier molecular flexibility index (Phi) is 6.85. The van der Waals surface area contributed by atoms with Crippen molar-refractivity contribution >= 4 is 40.1 Å². The van der Waals surface area contributed by atoms with Crippen LogP contribution < -0.4 is 5.32 Å². The summed E-state index contributed by atoms with van der Waals surface area (Å²) in [6.07, 6.45) is 2.10. The molecule has 1 unspecified atom stereocenters. The molecule has 0 saturated heterocycles. The number of ether oxygens (including phenoxy) is 2. The number of carbonyl (C=O) groups is 3. The smallest absolute Gasteiger partial charge is 0.337 e. The van der Waals surface area contributed by atoms with E-state index in [0.717, 1.165) is 16.5 Å². The van der Waals surface area contributed by atoms with Crippen molar-refractivity contribution in [3.63, 3.8) is 0 Å². The lowest BCUT2D eigenvalue weighted by Gasteiger charge is -2.17. The molecule has 0 aliphatic carbocycles. The van der Waals surface area contributed by atoms with E-state index in [1.807, 2.05) is 30.5 Å². The minimum atomic E-state index is -0.886. The first kappa shape index (κ1) is 22.3. The van der Waals surface area contributed by atoms with Crippen LogP contribution in [0.5, 0.6) is 0 Å². The van der Waals surface area contributed by atoms with Crippen LogP contribution in [0.4, 0.5) is 0 Å². The zero-order valence-corrected chi connectivity index (χ0v) is 18.7. The van der Waals surface area contributed by atoms with Crippen LogP contribution in [0.15, 0.2) is 72.2 Å². The highest BCUT2D eigenvalue weighted by atomic mass is 32.1. The van der Waals surface area contributed by atoms with Gasteiger partial charge in [0, 0.05) is 23.5 Å². The van der Waals surface area contributed by atoms with Gasteiger partial charge in [0.25, 0.3) is 5.91 Å². The van der Waals surface area contributed by atoms with Crippen LogP contribution in [0.3, 0.4) is 0 Å². The second-order valence-corrected chi connectivity index (χ2v) is 8.31. The van der Waals surface area contributed by atoms with Crippen LogP contribution in [-0.4, -0.2) is 36.0 Å². The van der Waals surface area contributed by atoms with Crippen molar-refractivity contribution in [1.29, 1.82) is 0 Å². The SMILES string of the molecule is COC(=O)c1cccc(COC(=O)C(Cc2c[nH]c3ccccc23)NC(=O)c2cccs2)c1. The Morgan fingerprint density at radius 1 is 1.06 bits per heavy atom. The number of esters is 2. The molecule has 1 atom stereocenters. The summed E-state index contributed by atoms with van der Waals surface area (Å²) in [5.41, 5.74) is 2.85. The number of aromatic nitrogens is 1. The maximum atomic E-state index is 13.0. The van der Waals surface area contributed by atoms with E-state index < -0.39 is 18.0 Å². The molecule has 2 aromatic carbocycles. The van der Waals surface area contributed by atoms with Gasteiger partial charge in [0.1, 0.15) is 12.6 Å². The molecule has 8 heteroatoms. The third-order valence-corrected chi connectivity index (χ3v) is 6.03. The molecule has 1 amide bonds. The highest BCUT2D eigenvalue weighted by molar-refractivity contribution is 7.12. The predicted molar refractivity (Wildman–Crippen MR) is 125 cm³/mol. The Balaban J connectivity index is 1.51. The molecular weight excluding hydrogens is 440 g/mol. The molecule has 0 bridgehead atoms. The topological polar surface area (TPSA) is 97.5 Å². The van der Waals surface area contributed by atoms with Crippen molar-refractivity contribution < 1.29 is 23.9 Å². The van der Waals surface area contributed by atoms with Gasteiger partial charge in [0.05, 0.1) is 17.6 Å². The Hall–Kier alpha value is -3.91. The first-order valence-corrected chi connectivity index (χ1v) is 11.2. The Morgan fingerprint density at radius 2 is 1.91 bits per heavy atom. The normalized spacial score (nSPS) is 11.7. The Labute approximate surface area is 194 Å². The fraction of sp³-hybridized carbons (Fsp3) is 0.160. The van der Waals surface area contributed by atoms with Crippen LogP contribution in [0, 0.1) is 0 Å². The van der Waals surface area contributed by atoms with Gasteiger partial charge < -0.3 is 19.8 Å². The monoisotopic (exact) mass is 462 g/mol. The molecule has 0 fully saturated rings. The van der Waals surface area contributed by atoms with Gasteiger partial charge in [-0.2, -0.15) is 0 Å². The maximum Gasteiger partial charge on any atom is 0.337 e. The third-order valence-electron chi connectivity index (χ3n) is 5.16. The fourth-order valence-electron chi connectivity index (χ4n) is 3.51. The van der Waals surface area contributed by atoms with Crippen LogP contribution in [0.2, 0.25) is 0 Å². The van der Waals surface area contributed by atoms with Gasteiger partial charge in [-0.3, -0.25) is 4.79 Å². The summed E-state index contributed by atoms with van der Waals surface area (Å²) in [6, 6.07) is 17.0. The summed E-state index contributed by atoms with van der Waals surface area (Å²) >= 11 is 1.30. The molecule has 0 spiro atoms. The summed E-state index contributed by atoms with van der Waals surface area (Å²) in [5, 5.41) is 5.59. The molecule has 2 N–H and O–H groups in total. The highest BCUT2D eigenvalue weighted by Crippen LogP contribution is 2.20. The van der Waals surface area contributed by atoms with Gasteiger partial charge in [0.2, 0.25) is 0 Å². The lowest BCUT2D eigenvalue weighted by Crippen LogP contribution is -2.43. The molecule has 0 aliphatic heterocycles. The van der Waals surface area contributed by atoms with Gasteiger partial charge in [-0.1, -0.05) is 36.4 Å². The van der Waals surface area contributed by atoms with Crippen molar-refractivity contribution in [2.45, 2.75) is 19.1 Å². The van der Waals surface area contributed by atoms with E-state index >= 15 is 0 Å². The van der Waals surface area contributed by atoms with Crippen LogP contribution >= 0.6 is 11.3 Å². The molecule has 168 valence electrons. The zero-order chi connectivity index (χ0) is 23.2. The lowest BCUT2D eigenvalue weighted by atomic mass is 10.0. The van der Waals surface area contributed by atoms with Crippen molar-refractivity contribution in [2.24, 2.45) is 0 Å². The molecule has 2 aromatic heterocycles. The number of rotatable bonds is 8. The fourth-order valence-corrected chi connectivity index (χ4v) is 4.14. The molecule has 4 aromatic rings. The molecule has 2 heterocycles. The Bertz CT molecular complexity index is 1280. The van der Waals surface area contributed by atoms with Crippen molar-refractivity contribution in [3.05, 3.63) is 93.8 Å². The first-order valence-electron chi connectivity index (χ1n) is 10.3. The van der Waals surface area contributed by atoms with E-state index in [1.165, 1.54) is 18.4 Å². The van der Waals surface area contributed by atoms with E-state index in [1.54, 1.807) is 41.8 Å². The quantitative estimate of drug-likeness (QED) is 0.384. The predicted octanol–water partition coefficient (Wildman–Crippen LogP) is 4.10. The van der Waals surface area contributed by atoms with Crippen molar-refractivity contribution in [1.82, 2.24) is 10.3 Å². The van der Waals surface area contributed by atoms with Crippen LogP contribution in [0.25, 0.3) is 10.9 Å². The largest absolute Gasteiger partial charge is 0.465 e. The molecular formula is C25H22N2O5S. The van der Waals surface area contributed by atoms with E-state index in [0.29, 0.717) is 16.0 Å². The van der Waals surface area contributed by atoms with Crippen LogP contribution in [0.1, 0.15) is 31.2 Å². The number of amides is 1. The van der Waals surface area contributed by atoms with E-state index in [2.05, 4.69) is 10.3 Å². The minimum absolute atomic E-state index is 0.0388. The highest BCUT2D eigenvalue weighted by Gasteiger charge is 2.25. The van der Waals surface area contributed by atoms with Crippen LogP contribution in [-0.2, 0) is 27.3 Å². The number of thiophene rings is 1. The molecule has 33 heavy (non-hydrogen) atoms. The Morgan fingerprint density at radius 3 is 2.70 bits per heavy atom. The van der Waals surface area contributed by atoms with E-state index in [-0.39, 0.29) is 18.9 Å². The number of para-hydroxylation sites is 1. The van der Waals surface area contributed by atoms with E-state index in [9.17, 15) is 14.4 Å². The number of H-pyrrole nitrogens is 1. The minimum Gasteiger partial charge on any atom is -0.465 e. The molecule has 0 aliphatic rings. The summed E-state index contributed by atoms with van der Waals surface area (Å²) in [4.78, 5) is 41.1. The number of methoxy groups -OCH3 is 1. The second-order valence-electron chi connectivity index (χ2n) is 7.37. The number of fused-ring (bicyclic) bond motifs is 1. The first-order chi connectivity index (χ1) is 16.0. The average molecular weight is 463 g/mol. The zero-order valence-electron chi connectivity index (χ0n) is 17.9. The molecule has 7 nitrogen and oxygen atoms in total. The summed E-state index contributed by atoms with van der Waals surface area (Å²) < 4.78 is 10.3. The summed E-state index contributed by atoms with van der Waals surface area (Å²) in [5.74, 6) is -1.36. The van der Waals surface area contributed by atoms with Gasteiger partial charge >= 0.3 is 11.9 Å². The number of hydrogen-bond acceptors (Lipinski definition) is 6. The maximum absolute atomic E-state index is 13.0. The number of carbonyl (C=O) groups excluding carboxylic acids is 3. The van der Waals surface area contributed by atoms with Gasteiger partial charge in [-0.15, -0.1) is 11.3 Å². The average Bonchev–Trinajstić information content (AvgIpc) is 3.52. The van der Waals surface area contributed by atoms with Crippen molar-refractivity contribution in [2.75, 3.05) is 7.11 Å². The summed E-state index contributed by atoms with van der Waals surface area (Å²) in [6.45, 7) is -0.0388. The van der Waals surface area contributed by atoms with E-state index in [4.69, 9.17) is 9.47 Å². The molecule has 0 saturated carbocycles. The molecule has 4 rings (SSSR count).